The summed E-state index contributed by atoms with van der Waals surface area (Å²) in [5.74, 6) is 0.467. The third kappa shape index (κ3) is 8.38. The standard InChI is InChI=1S/C50H61N7O4/c1-54(48(61)50(38-10-4-2-5-11-38)25-30-56(31-26-50)41-32-44(53-51-34-41)43-12-6-7-13-45(43)58)40-22-29-57(49(33-40)23-8-3-9-24-49)35-36-20-27-55(28-21-36)39-16-14-37(15-17-39)42-18-19-46(59)52-47(42)60/h2,4-7,10-17,32,34,36,40,42,58H,3,8-9,18-31,33,35H2,1H3,(H,52,59,60)/t40-,42-/m1/s1. The molecule has 2 N–H and O–H groups in total. The van der Waals surface area contributed by atoms with E-state index in [1.807, 2.05) is 24.3 Å². The molecule has 0 unspecified atom stereocenters. The molecular weight excluding hydrogens is 763 g/mol. The van der Waals surface area contributed by atoms with Crippen molar-refractivity contribution >= 4 is 29.1 Å². The Balaban J connectivity index is 0.849. The number of likely N-dealkylation sites (tertiary alicyclic amines) is 1. The van der Waals surface area contributed by atoms with Gasteiger partial charge < -0.3 is 19.8 Å². The molecule has 1 saturated carbocycles. The third-order valence-corrected chi connectivity index (χ3v) is 15.2. The second-order valence-corrected chi connectivity index (χ2v) is 18.6. The fourth-order valence-electron chi connectivity index (χ4n) is 11.6. The Morgan fingerprint density at radius 1 is 0.803 bits per heavy atom. The molecule has 1 aliphatic carbocycles. The molecule has 3 amide bonds. The lowest BCUT2D eigenvalue weighted by atomic mass is 9.70. The van der Waals surface area contributed by atoms with Crippen molar-refractivity contribution in [1.29, 1.82) is 0 Å². The number of anilines is 2. The van der Waals surface area contributed by atoms with E-state index in [-0.39, 0.29) is 41.0 Å². The largest absolute Gasteiger partial charge is 0.507 e. The molecule has 11 nitrogen and oxygen atoms in total. The van der Waals surface area contributed by atoms with Gasteiger partial charge >= 0.3 is 0 Å². The van der Waals surface area contributed by atoms with Gasteiger partial charge in [0.2, 0.25) is 17.7 Å². The van der Waals surface area contributed by atoms with Gasteiger partial charge in [-0.1, -0.05) is 73.9 Å². The van der Waals surface area contributed by atoms with E-state index in [1.54, 1.807) is 18.3 Å². The molecule has 61 heavy (non-hydrogen) atoms. The molecule has 5 aliphatic rings. The lowest BCUT2D eigenvalue weighted by Gasteiger charge is -2.55. The number of nitrogens with one attached hydrogen (secondary N) is 1. The summed E-state index contributed by atoms with van der Waals surface area (Å²) in [6.45, 7) is 5.65. The number of carbonyl (C=O) groups excluding carboxylic acids is 3. The Kier molecular flexibility index (Phi) is 11.8. The summed E-state index contributed by atoms with van der Waals surface area (Å²) < 4.78 is 0. The number of phenols is 1. The zero-order valence-electron chi connectivity index (χ0n) is 35.7. The van der Waals surface area contributed by atoms with Gasteiger partial charge in [-0.25, -0.2) is 0 Å². The van der Waals surface area contributed by atoms with Crippen molar-refractivity contribution in [3.05, 3.63) is 102 Å². The lowest BCUT2D eigenvalue weighted by molar-refractivity contribution is -0.142. The Bertz CT molecular complexity index is 2180. The zero-order chi connectivity index (χ0) is 42.0. The van der Waals surface area contributed by atoms with Crippen LogP contribution < -0.4 is 15.1 Å². The predicted octanol–water partition coefficient (Wildman–Crippen LogP) is 7.45. The highest BCUT2D eigenvalue weighted by atomic mass is 16.3. The minimum absolute atomic E-state index is 0.140. The molecule has 5 heterocycles. The molecule has 4 aliphatic heterocycles. The van der Waals surface area contributed by atoms with E-state index in [0.717, 1.165) is 81.8 Å². The highest BCUT2D eigenvalue weighted by Crippen LogP contribution is 2.45. The zero-order valence-corrected chi connectivity index (χ0v) is 35.7. The quantitative estimate of drug-likeness (QED) is 0.166. The number of hydrogen-bond acceptors (Lipinski definition) is 9. The van der Waals surface area contributed by atoms with E-state index in [2.05, 4.69) is 90.7 Å². The van der Waals surface area contributed by atoms with Crippen LogP contribution in [0.1, 0.15) is 101 Å². The first-order chi connectivity index (χ1) is 29.7. The molecule has 1 spiro atoms. The lowest BCUT2D eigenvalue weighted by Crippen LogP contribution is -2.62. The van der Waals surface area contributed by atoms with E-state index >= 15 is 4.79 Å². The normalized spacial score (nSPS) is 23.4. The second kappa shape index (κ2) is 17.6. The molecule has 11 heteroatoms. The first-order valence-electron chi connectivity index (χ1n) is 22.8. The van der Waals surface area contributed by atoms with Gasteiger partial charge in [-0.05, 0) is 105 Å². The molecular formula is C50H61N7O4. The van der Waals surface area contributed by atoms with Crippen LogP contribution in [0.4, 0.5) is 11.4 Å². The van der Waals surface area contributed by atoms with Crippen molar-refractivity contribution < 1.29 is 19.5 Å². The van der Waals surface area contributed by atoms with Crippen LogP contribution in [0.25, 0.3) is 11.3 Å². The monoisotopic (exact) mass is 823 g/mol. The average molecular weight is 824 g/mol. The molecule has 9 rings (SSSR count). The number of hydrogen-bond donors (Lipinski definition) is 2. The predicted molar refractivity (Wildman–Crippen MR) is 238 cm³/mol. The van der Waals surface area contributed by atoms with Crippen LogP contribution >= 0.6 is 0 Å². The molecule has 2 atom stereocenters. The molecule has 4 saturated heterocycles. The fourth-order valence-corrected chi connectivity index (χ4v) is 11.6. The van der Waals surface area contributed by atoms with E-state index in [4.69, 9.17) is 0 Å². The maximum atomic E-state index is 15.2. The molecule has 1 aromatic heterocycles. The number of rotatable bonds is 9. The van der Waals surface area contributed by atoms with Crippen molar-refractivity contribution in [2.24, 2.45) is 5.92 Å². The maximum Gasteiger partial charge on any atom is 0.234 e. The number of likely N-dealkylation sites (N-methyl/N-ethyl adjacent to an activating group) is 1. The Labute approximate surface area is 360 Å². The maximum absolute atomic E-state index is 15.2. The number of para-hydroxylation sites is 1. The number of imide groups is 1. The second-order valence-electron chi connectivity index (χ2n) is 18.6. The summed E-state index contributed by atoms with van der Waals surface area (Å²) in [5, 5.41) is 21.6. The Hall–Kier alpha value is -5.29. The van der Waals surface area contributed by atoms with Crippen LogP contribution in [0.2, 0.25) is 0 Å². The number of phenolic OH excluding ortho intramolecular Hbond substituents is 1. The average Bonchev–Trinajstić information content (AvgIpc) is 3.30. The number of carbonyl (C=O) groups is 3. The van der Waals surface area contributed by atoms with Crippen LogP contribution in [0, 0.1) is 5.92 Å². The van der Waals surface area contributed by atoms with Crippen LogP contribution in [-0.2, 0) is 19.8 Å². The molecule has 0 bridgehead atoms. The number of amides is 3. The van der Waals surface area contributed by atoms with Crippen molar-refractivity contribution in [1.82, 2.24) is 25.3 Å². The van der Waals surface area contributed by atoms with Crippen molar-refractivity contribution in [3.8, 4) is 17.0 Å². The van der Waals surface area contributed by atoms with Gasteiger partial charge in [0.1, 0.15) is 5.75 Å². The van der Waals surface area contributed by atoms with Gasteiger partial charge in [-0.2, -0.15) is 10.2 Å². The molecule has 3 aromatic carbocycles. The number of aromatic hydroxyl groups is 1. The van der Waals surface area contributed by atoms with Gasteiger partial charge in [0.25, 0.3) is 0 Å². The fraction of sp³-hybridized carbons (Fsp3) is 0.500. The summed E-state index contributed by atoms with van der Waals surface area (Å²) in [7, 11) is 2.09. The molecule has 4 aromatic rings. The van der Waals surface area contributed by atoms with Crippen molar-refractivity contribution in [2.45, 2.75) is 106 Å². The van der Waals surface area contributed by atoms with Crippen LogP contribution in [0.15, 0.2) is 91.1 Å². The number of piperidine rings is 4. The third-order valence-electron chi connectivity index (χ3n) is 15.2. The molecule has 0 radical (unpaired) electrons. The van der Waals surface area contributed by atoms with Crippen molar-refractivity contribution in [2.75, 3.05) is 56.1 Å². The van der Waals surface area contributed by atoms with E-state index in [0.29, 0.717) is 42.9 Å². The van der Waals surface area contributed by atoms with Gasteiger partial charge in [0, 0.05) is 75.6 Å². The minimum atomic E-state index is -0.608. The number of nitrogens with zero attached hydrogens (tertiary/aromatic N) is 6. The first kappa shape index (κ1) is 41.1. The van der Waals surface area contributed by atoms with Gasteiger partial charge in [-0.15, -0.1) is 0 Å². The summed E-state index contributed by atoms with van der Waals surface area (Å²) in [6.07, 6.45) is 14.8. The van der Waals surface area contributed by atoms with Gasteiger partial charge in [0.15, 0.2) is 0 Å². The van der Waals surface area contributed by atoms with Gasteiger partial charge in [0.05, 0.1) is 28.9 Å². The number of benzene rings is 3. The highest BCUT2D eigenvalue weighted by Gasteiger charge is 2.49. The van der Waals surface area contributed by atoms with Crippen LogP contribution in [-0.4, -0.2) is 101 Å². The Morgan fingerprint density at radius 2 is 1.51 bits per heavy atom. The van der Waals surface area contributed by atoms with Crippen LogP contribution in [0.5, 0.6) is 5.75 Å². The topological polar surface area (TPSA) is 122 Å². The molecule has 320 valence electrons. The summed E-state index contributed by atoms with van der Waals surface area (Å²) in [6, 6.07) is 28.3. The molecule has 5 fully saturated rings. The van der Waals surface area contributed by atoms with E-state index in [9.17, 15) is 14.7 Å². The summed E-state index contributed by atoms with van der Waals surface area (Å²) in [5.41, 5.74) is 5.07. The summed E-state index contributed by atoms with van der Waals surface area (Å²) in [4.78, 5) is 49.1. The number of aromatic nitrogens is 2. The Morgan fingerprint density at radius 3 is 2.23 bits per heavy atom. The van der Waals surface area contributed by atoms with Gasteiger partial charge in [-0.3, -0.25) is 24.6 Å². The SMILES string of the molecule is CN(C(=O)C1(c2ccccc2)CCN(c2cnnc(-c3ccccc3O)c2)CC1)[C@@H]1CCN(CC2CCN(c3ccc([C@H]4CCC(=O)NC4=O)cc3)CC2)C2(CCCCC2)C1. The first-order valence-corrected chi connectivity index (χ1v) is 22.8. The van der Waals surface area contributed by atoms with E-state index in [1.165, 1.54) is 37.8 Å². The summed E-state index contributed by atoms with van der Waals surface area (Å²) >= 11 is 0. The smallest absolute Gasteiger partial charge is 0.234 e. The van der Waals surface area contributed by atoms with E-state index < -0.39 is 5.41 Å². The highest BCUT2D eigenvalue weighted by molar-refractivity contribution is 6.01. The van der Waals surface area contributed by atoms with Crippen LogP contribution in [0.3, 0.4) is 0 Å². The minimum Gasteiger partial charge on any atom is -0.507 e. The van der Waals surface area contributed by atoms with Crippen molar-refractivity contribution in [3.63, 3.8) is 0 Å².